The number of carbonyl (C=O) groups excluding carboxylic acids is 1. The Kier molecular flexibility index (Phi) is 6.53. The number of hydrogen-bond donors (Lipinski definition) is 2. The summed E-state index contributed by atoms with van der Waals surface area (Å²) < 4.78 is 1.40. The molecule has 0 spiro atoms. The van der Waals surface area contributed by atoms with E-state index < -0.39 is 13.9 Å². The molecule has 0 fully saturated rings. The van der Waals surface area contributed by atoms with Gasteiger partial charge in [0.2, 0.25) is 0 Å². The van der Waals surface area contributed by atoms with Gasteiger partial charge < -0.3 is 0 Å². The van der Waals surface area contributed by atoms with Crippen LogP contribution in [0, 0.1) is 0 Å². The number of hydrogen-bond acceptors (Lipinski definition) is 3. The summed E-state index contributed by atoms with van der Waals surface area (Å²) in [6, 6.07) is 0. The standard InChI is InChI=1S/C12H20GeN2O/c14-8-2-5-11-4-1-7-13(10-16)12(11)6-3-9-15/h1,4,7,10H,2-3,5-6,8-9,14-15H2. The molecule has 1 aliphatic rings. The van der Waals surface area contributed by atoms with Gasteiger partial charge in [0, 0.05) is 0 Å². The first kappa shape index (κ1) is 13.5. The second kappa shape index (κ2) is 7.71. The van der Waals surface area contributed by atoms with Crippen LogP contribution in [0.15, 0.2) is 22.6 Å². The Morgan fingerprint density at radius 1 is 1.19 bits per heavy atom. The van der Waals surface area contributed by atoms with Crippen LogP contribution in [0.5, 0.6) is 0 Å². The quantitative estimate of drug-likeness (QED) is 0.528. The van der Waals surface area contributed by atoms with Crippen molar-refractivity contribution in [1.82, 2.24) is 0 Å². The average molecular weight is 281 g/mol. The SMILES string of the molecule is NCCCC1=CC=[CH][Ge]([CH]=O)=[C]1CCCN. The zero-order chi connectivity index (χ0) is 11.8. The van der Waals surface area contributed by atoms with Gasteiger partial charge in [0.25, 0.3) is 0 Å². The van der Waals surface area contributed by atoms with Gasteiger partial charge in [0.1, 0.15) is 0 Å². The van der Waals surface area contributed by atoms with Crippen LogP contribution in [-0.4, -0.2) is 36.5 Å². The molecule has 88 valence electrons. The Balaban J connectivity index is 2.80. The summed E-state index contributed by atoms with van der Waals surface area (Å²) >= 11 is -1.74. The molecule has 0 bridgehead atoms. The predicted octanol–water partition coefficient (Wildman–Crippen LogP) is 0.520. The molecular formula is C12H20GeN2O. The van der Waals surface area contributed by atoms with Crippen molar-refractivity contribution in [2.24, 2.45) is 11.5 Å². The molecule has 16 heavy (non-hydrogen) atoms. The maximum absolute atomic E-state index is 11.1. The normalized spacial score (nSPS) is 15.2. The number of allylic oxidation sites excluding steroid dienone is 3. The number of carbonyl (C=O) groups is 1. The van der Waals surface area contributed by atoms with Crippen LogP contribution in [0.25, 0.3) is 0 Å². The molecule has 0 radical (unpaired) electrons. The third-order valence-electron chi connectivity index (χ3n) is 2.72. The van der Waals surface area contributed by atoms with E-state index in [2.05, 4.69) is 11.0 Å². The van der Waals surface area contributed by atoms with E-state index in [-0.39, 0.29) is 0 Å². The second-order valence-electron chi connectivity index (χ2n) is 3.89. The summed E-state index contributed by atoms with van der Waals surface area (Å²) in [5.41, 5.74) is 12.4. The average Bonchev–Trinajstić information content (AvgIpc) is 2.33. The van der Waals surface area contributed by atoms with E-state index in [1.54, 1.807) is 0 Å². The zero-order valence-corrected chi connectivity index (χ0v) is 11.7. The maximum atomic E-state index is 11.1. The van der Waals surface area contributed by atoms with Crippen molar-refractivity contribution >= 4 is 23.4 Å². The van der Waals surface area contributed by atoms with E-state index in [1.807, 2.05) is 6.08 Å². The second-order valence-corrected chi connectivity index (χ2v) is 8.26. The fourth-order valence-corrected chi connectivity index (χ4v) is 5.59. The van der Waals surface area contributed by atoms with Crippen molar-refractivity contribution < 1.29 is 4.79 Å². The molecule has 0 aromatic rings. The summed E-state index contributed by atoms with van der Waals surface area (Å²) in [4.78, 5) is 13.2. The Morgan fingerprint density at radius 3 is 2.50 bits per heavy atom. The first-order valence-electron chi connectivity index (χ1n) is 5.79. The van der Waals surface area contributed by atoms with E-state index in [1.165, 1.54) is 15.0 Å². The van der Waals surface area contributed by atoms with Gasteiger partial charge in [0.05, 0.1) is 0 Å². The molecule has 4 N–H and O–H groups in total. The fraction of sp³-hybridized carbons (Fsp3) is 0.500. The van der Waals surface area contributed by atoms with Crippen LogP contribution >= 0.6 is 0 Å². The third-order valence-corrected chi connectivity index (χ3v) is 7.07. The van der Waals surface area contributed by atoms with Crippen molar-refractivity contribution in [3.8, 4) is 0 Å². The molecule has 0 aromatic heterocycles. The van der Waals surface area contributed by atoms with E-state index >= 15 is 0 Å². The molecular weight excluding hydrogens is 261 g/mol. The number of nitrogens with two attached hydrogens (primary N) is 2. The predicted molar refractivity (Wildman–Crippen MR) is 71.3 cm³/mol. The van der Waals surface area contributed by atoms with Crippen molar-refractivity contribution in [1.29, 1.82) is 0 Å². The Labute approximate surface area is 101 Å². The number of rotatable bonds is 7. The van der Waals surface area contributed by atoms with Gasteiger partial charge in [0.15, 0.2) is 0 Å². The molecule has 0 saturated carbocycles. The first-order chi connectivity index (χ1) is 7.83. The van der Waals surface area contributed by atoms with Crippen LogP contribution in [0.3, 0.4) is 0 Å². The van der Waals surface area contributed by atoms with E-state index in [0.29, 0.717) is 13.1 Å². The molecule has 3 nitrogen and oxygen atoms in total. The fourth-order valence-electron chi connectivity index (χ4n) is 1.88. The Bertz CT molecular complexity index is 332. The first-order valence-corrected chi connectivity index (χ1v) is 9.26. The molecule has 1 aliphatic heterocycles. The van der Waals surface area contributed by atoms with E-state index in [0.717, 1.165) is 25.7 Å². The Morgan fingerprint density at radius 2 is 1.88 bits per heavy atom. The van der Waals surface area contributed by atoms with Gasteiger partial charge in [-0.2, -0.15) is 0 Å². The summed E-state index contributed by atoms with van der Waals surface area (Å²) in [7, 11) is 0. The van der Waals surface area contributed by atoms with Gasteiger partial charge in [-0.3, -0.25) is 0 Å². The monoisotopic (exact) mass is 282 g/mol. The van der Waals surface area contributed by atoms with Crippen molar-refractivity contribution in [2.75, 3.05) is 13.1 Å². The van der Waals surface area contributed by atoms with Crippen LogP contribution in [0.4, 0.5) is 0 Å². The topological polar surface area (TPSA) is 69.1 Å². The van der Waals surface area contributed by atoms with Crippen LogP contribution in [0.1, 0.15) is 25.7 Å². The zero-order valence-electron chi connectivity index (χ0n) is 9.61. The molecule has 0 aromatic carbocycles. The van der Waals surface area contributed by atoms with E-state index in [4.69, 9.17) is 11.5 Å². The summed E-state index contributed by atoms with van der Waals surface area (Å²) in [5, 5.41) is 1.18. The van der Waals surface area contributed by atoms with Gasteiger partial charge >= 0.3 is 101 Å². The van der Waals surface area contributed by atoms with Gasteiger partial charge in [-0.1, -0.05) is 0 Å². The molecule has 0 amide bonds. The molecule has 1 heterocycles. The molecule has 0 saturated heterocycles. The van der Waals surface area contributed by atoms with Crippen LogP contribution in [-0.2, 0) is 4.79 Å². The van der Waals surface area contributed by atoms with Gasteiger partial charge in [-0.15, -0.1) is 0 Å². The van der Waals surface area contributed by atoms with Crippen molar-refractivity contribution in [3.05, 3.63) is 22.6 Å². The minimum atomic E-state index is -1.74. The van der Waals surface area contributed by atoms with Gasteiger partial charge in [-0.25, -0.2) is 0 Å². The molecule has 0 aliphatic carbocycles. The molecule has 1 rings (SSSR count). The summed E-state index contributed by atoms with van der Waals surface area (Å²) in [5.74, 6) is 0. The molecule has 0 unspecified atom stereocenters. The Hall–Kier alpha value is -0.517. The van der Waals surface area contributed by atoms with Crippen LogP contribution < -0.4 is 11.5 Å². The van der Waals surface area contributed by atoms with Gasteiger partial charge in [-0.05, 0) is 0 Å². The third kappa shape index (κ3) is 3.81. The summed E-state index contributed by atoms with van der Waals surface area (Å²) in [6.45, 7) is 1.41. The van der Waals surface area contributed by atoms with Crippen molar-refractivity contribution in [2.45, 2.75) is 25.7 Å². The molecule has 4 heteroatoms. The van der Waals surface area contributed by atoms with E-state index in [9.17, 15) is 4.79 Å². The van der Waals surface area contributed by atoms with Crippen LogP contribution in [0.2, 0.25) is 0 Å². The van der Waals surface area contributed by atoms with Crippen molar-refractivity contribution in [3.63, 3.8) is 0 Å². The summed E-state index contributed by atoms with van der Waals surface area (Å²) in [6.07, 6.45) is 8.16. The molecule has 0 atom stereocenters. The minimum absolute atomic E-state index is 0.696.